The van der Waals surface area contributed by atoms with Gasteiger partial charge in [0.1, 0.15) is 12.3 Å². The molecule has 1 heterocycles. The van der Waals surface area contributed by atoms with E-state index in [-0.39, 0.29) is 18.2 Å². The van der Waals surface area contributed by atoms with Gasteiger partial charge in [0, 0.05) is 0 Å². The van der Waals surface area contributed by atoms with Gasteiger partial charge in [-0.25, -0.2) is 10.4 Å². The zero-order valence-electron chi connectivity index (χ0n) is 13.0. The molecule has 0 aliphatic heterocycles. The molecule has 128 valence electrons. The fourth-order valence-corrected chi connectivity index (χ4v) is 2.24. The number of para-hydroxylation sites is 2. The van der Waals surface area contributed by atoms with E-state index in [0.717, 1.165) is 11.0 Å². The molecule has 0 atom stereocenters. The molecule has 1 N–H and O–H groups in total. The average Bonchev–Trinajstić information content (AvgIpc) is 2.99. The van der Waals surface area contributed by atoms with Crippen molar-refractivity contribution in [3.8, 4) is 5.75 Å². The number of aromatic nitrogens is 2. The number of fused-ring (bicyclic) bond motifs is 1. The second-order valence-electron chi connectivity index (χ2n) is 5.10. The number of carbonyl (C=O) groups excluding carboxylic acids is 1. The van der Waals surface area contributed by atoms with Crippen LogP contribution in [0.1, 0.15) is 5.56 Å². The molecule has 0 aliphatic rings. The van der Waals surface area contributed by atoms with E-state index in [9.17, 15) is 13.6 Å². The van der Waals surface area contributed by atoms with Crippen molar-refractivity contribution in [2.24, 2.45) is 5.10 Å². The standard InChI is InChI=1S/C17H14F2N4O2/c18-17(19)25-13-7-5-12(6-8-13)9-21-22-16(24)10-23-11-20-14-3-1-2-4-15(14)23/h1-9,11,17H,10H2,(H,22,24). The summed E-state index contributed by atoms with van der Waals surface area (Å²) < 4.78 is 30.1. The van der Waals surface area contributed by atoms with Gasteiger partial charge in [-0.2, -0.15) is 13.9 Å². The molecule has 1 amide bonds. The highest BCUT2D eigenvalue weighted by atomic mass is 19.3. The Labute approximate surface area is 141 Å². The van der Waals surface area contributed by atoms with E-state index in [1.54, 1.807) is 23.0 Å². The van der Waals surface area contributed by atoms with Crippen molar-refractivity contribution in [2.45, 2.75) is 13.2 Å². The Morgan fingerprint density at radius 2 is 2.00 bits per heavy atom. The number of nitrogens with zero attached hydrogens (tertiary/aromatic N) is 3. The average molecular weight is 344 g/mol. The molecule has 0 aliphatic carbocycles. The van der Waals surface area contributed by atoms with Crippen LogP contribution in [0.5, 0.6) is 5.75 Å². The molecule has 0 saturated carbocycles. The number of amides is 1. The summed E-state index contributed by atoms with van der Waals surface area (Å²) in [5.74, 6) is -0.250. The van der Waals surface area contributed by atoms with Crippen molar-refractivity contribution < 1.29 is 18.3 Å². The molecule has 3 rings (SSSR count). The Hall–Kier alpha value is -3.29. The molecule has 25 heavy (non-hydrogen) atoms. The van der Waals surface area contributed by atoms with Crippen molar-refractivity contribution >= 4 is 23.2 Å². The molecule has 0 fully saturated rings. The van der Waals surface area contributed by atoms with Gasteiger partial charge in [-0.15, -0.1) is 0 Å². The Morgan fingerprint density at radius 1 is 1.24 bits per heavy atom. The summed E-state index contributed by atoms with van der Waals surface area (Å²) in [6.45, 7) is -2.78. The molecular weight excluding hydrogens is 330 g/mol. The molecular formula is C17H14F2N4O2. The van der Waals surface area contributed by atoms with Gasteiger partial charge < -0.3 is 9.30 Å². The number of imidazole rings is 1. The first kappa shape index (κ1) is 16.6. The second kappa shape index (κ2) is 7.52. The van der Waals surface area contributed by atoms with Gasteiger partial charge in [0.2, 0.25) is 0 Å². The monoisotopic (exact) mass is 344 g/mol. The Kier molecular flexibility index (Phi) is 4.98. The number of alkyl halides is 2. The van der Waals surface area contributed by atoms with Crippen LogP contribution in [0, 0.1) is 0 Å². The minimum Gasteiger partial charge on any atom is -0.435 e. The molecule has 3 aromatic rings. The topological polar surface area (TPSA) is 68.5 Å². The summed E-state index contributed by atoms with van der Waals surface area (Å²) in [5, 5.41) is 3.85. The predicted octanol–water partition coefficient (Wildman–Crippen LogP) is 2.79. The first-order valence-corrected chi connectivity index (χ1v) is 7.38. The largest absolute Gasteiger partial charge is 0.435 e. The van der Waals surface area contributed by atoms with Gasteiger partial charge in [-0.1, -0.05) is 12.1 Å². The molecule has 0 bridgehead atoms. The molecule has 0 spiro atoms. The molecule has 2 aromatic carbocycles. The van der Waals surface area contributed by atoms with Crippen LogP contribution in [0.25, 0.3) is 11.0 Å². The number of ether oxygens (including phenoxy) is 1. The summed E-state index contributed by atoms with van der Waals surface area (Å²) in [4.78, 5) is 16.2. The van der Waals surface area contributed by atoms with E-state index in [4.69, 9.17) is 0 Å². The van der Waals surface area contributed by atoms with Crippen LogP contribution < -0.4 is 10.2 Å². The van der Waals surface area contributed by atoms with E-state index in [1.807, 2.05) is 24.3 Å². The minimum atomic E-state index is -2.86. The van der Waals surface area contributed by atoms with Crippen LogP contribution in [-0.4, -0.2) is 28.3 Å². The quantitative estimate of drug-likeness (QED) is 0.552. The van der Waals surface area contributed by atoms with Gasteiger partial charge in [-0.3, -0.25) is 4.79 Å². The highest BCUT2D eigenvalue weighted by molar-refractivity contribution is 5.83. The van der Waals surface area contributed by atoms with E-state index < -0.39 is 6.61 Å². The fraction of sp³-hybridized carbons (Fsp3) is 0.118. The molecule has 1 aromatic heterocycles. The molecule has 8 heteroatoms. The number of halogens is 2. The van der Waals surface area contributed by atoms with Gasteiger partial charge in [0.15, 0.2) is 0 Å². The summed E-state index contributed by atoms with van der Waals surface area (Å²) in [6, 6.07) is 13.4. The highest BCUT2D eigenvalue weighted by Gasteiger charge is 2.06. The van der Waals surface area contributed by atoms with Gasteiger partial charge >= 0.3 is 6.61 Å². The lowest BCUT2D eigenvalue weighted by atomic mass is 10.2. The van der Waals surface area contributed by atoms with Crippen molar-refractivity contribution in [1.29, 1.82) is 0 Å². The van der Waals surface area contributed by atoms with Crippen LogP contribution in [0.15, 0.2) is 60.0 Å². The normalized spacial score (nSPS) is 11.3. The van der Waals surface area contributed by atoms with Gasteiger partial charge in [-0.05, 0) is 42.0 Å². The number of benzene rings is 2. The van der Waals surface area contributed by atoms with Crippen LogP contribution in [0.4, 0.5) is 8.78 Å². The first-order valence-electron chi connectivity index (χ1n) is 7.38. The lowest BCUT2D eigenvalue weighted by molar-refractivity contribution is -0.121. The molecule has 0 radical (unpaired) electrons. The number of hydrazone groups is 1. The third-order valence-corrected chi connectivity index (χ3v) is 3.35. The Bertz CT molecular complexity index is 891. The molecule has 0 saturated heterocycles. The maximum absolute atomic E-state index is 12.1. The number of hydrogen-bond acceptors (Lipinski definition) is 4. The van der Waals surface area contributed by atoms with Gasteiger partial charge in [0.05, 0.1) is 23.6 Å². The summed E-state index contributed by atoms with van der Waals surface area (Å²) >= 11 is 0. The summed E-state index contributed by atoms with van der Waals surface area (Å²) in [5.41, 5.74) is 4.71. The van der Waals surface area contributed by atoms with Crippen LogP contribution >= 0.6 is 0 Å². The van der Waals surface area contributed by atoms with Crippen LogP contribution in [-0.2, 0) is 11.3 Å². The van der Waals surface area contributed by atoms with Crippen LogP contribution in [0.2, 0.25) is 0 Å². The van der Waals surface area contributed by atoms with E-state index in [2.05, 4.69) is 20.2 Å². The highest BCUT2D eigenvalue weighted by Crippen LogP contribution is 2.14. The molecule has 0 unspecified atom stereocenters. The molecule has 6 nitrogen and oxygen atoms in total. The van der Waals surface area contributed by atoms with Crippen molar-refractivity contribution in [3.05, 3.63) is 60.4 Å². The van der Waals surface area contributed by atoms with E-state index >= 15 is 0 Å². The lowest BCUT2D eigenvalue weighted by Crippen LogP contribution is -2.22. The smallest absolute Gasteiger partial charge is 0.387 e. The number of carbonyl (C=O) groups is 1. The minimum absolute atomic E-state index is 0.0585. The Morgan fingerprint density at radius 3 is 2.76 bits per heavy atom. The van der Waals surface area contributed by atoms with Crippen molar-refractivity contribution in [2.75, 3.05) is 0 Å². The first-order chi connectivity index (χ1) is 12.1. The third-order valence-electron chi connectivity index (χ3n) is 3.35. The second-order valence-corrected chi connectivity index (χ2v) is 5.10. The summed E-state index contributed by atoms with van der Waals surface area (Å²) in [6.07, 6.45) is 3.01. The van der Waals surface area contributed by atoms with Crippen molar-refractivity contribution in [3.63, 3.8) is 0 Å². The fourth-order valence-electron chi connectivity index (χ4n) is 2.24. The summed E-state index contributed by atoms with van der Waals surface area (Å²) in [7, 11) is 0. The maximum Gasteiger partial charge on any atom is 0.387 e. The van der Waals surface area contributed by atoms with E-state index in [1.165, 1.54) is 18.3 Å². The number of rotatable bonds is 6. The maximum atomic E-state index is 12.1. The lowest BCUT2D eigenvalue weighted by Gasteiger charge is -2.04. The predicted molar refractivity (Wildman–Crippen MR) is 88.5 cm³/mol. The number of hydrogen-bond donors (Lipinski definition) is 1. The van der Waals surface area contributed by atoms with Gasteiger partial charge in [0.25, 0.3) is 5.91 Å². The SMILES string of the molecule is O=C(Cn1cnc2ccccc21)NN=Cc1ccc(OC(F)F)cc1. The Balaban J connectivity index is 1.55. The zero-order valence-corrected chi connectivity index (χ0v) is 13.0. The zero-order chi connectivity index (χ0) is 17.6. The van der Waals surface area contributed by atoms with Crippen LogP contribution in [0.3, 0.4) is 0 Å². The van der Waals surface area contributed by atoms with Crippen molar-refractivity contribution in [1.82, 2.24) is 15.0 Å². The van der Waals surface area contributed by atoms with E-state index in [0.29, 0.717) is 5.56 Å². The third kappa shape index (κ3) is 4.37. The number of nitrogens with one attached hydrogen (secondary N) is 1.